The van der Waals surface area contributed by atoms with Gasteiger partial charge in [-0.15, -0.1) is 11.3 Å². The van der Waals surface area contributed by atoms with E-state index in [0.717, 1.165) is 28.9 Å². The van der Waals surface area contributed by atoms with Crippen molar-refractivity contribution in [2.45, 2.75) is 19.3 Å². The van der Waals surface area contributed by atoms with Crippen LogP contribution in [0.15, 0.2) is 6.33 Å². The Hall–Kier alpha value is -1.25. The lowest BCUT2D eigenvalue weighted by atomic mass is 10.2. The second-order valence-corrected chi connectivity index (χ2v) is 8.77. The molecule has 2 aromatic rings. The standard InChI is InChI=1S/C14H19N3O3S2/c1-22(18,19)8-7-20-6-5-15-13-12-10-3-2-4-11(10)21-14(12)17-9-16-13/h9H,2-8H2,1H3,(H,15,16,17). The van der Waals surface area contributed by atoms with Crippen molar-refractivity contribution < 1.29 is 13.2 Å². The highest BCUT2D eigenvalue weighted by Gasteiger charge is 2.20. The quantitative estimate of drug-likeness (QED) is 0.771. The van der Waals surface area contributed by atoms with Crippen LogP contribution in [-0.2, 0) is 27.4 Å². The van der Waals surface area contributed by atoms with Gasteiger partial charge in [-0.05, 0) is 24.8 Å². The van der Waals surface area contributed by atoms with Crippen molar-refractivity contribution in [3.63, 3.8) is 0 Å². The van der Waals surface area contributed by atoms with Crippen molar-refractivity contribution in [3.8, 4) is 0 Å². The van der Waals surface area contributed by atoms with Crippen LogP contribution in [-0.4, -0.2) is 50.2 Å². The van der Waals surface area contributed by atoms with Gasteiger partial charge in [-0.1, -0.05) is 0 Å². The predicted molar refractivity (Wildman–Crippen MR) is 88.5 cm³/mol. The summed E-state index contributed by atoms with van der Waals surface area (Å²) in [4.78, 5) is 11.2. The molecule has 1 aliphatic carbocycles. The fraction of sp³-hybridized carbons (Fsp3) is 0.571. The minimum absolute atomic E-state index is 0.0583. The van der Waals surface area contributed by atoms with Gasteiger partial charge in [0.2, 0.25) is 0 Å². The summed E-state index contributed by atoms with van der Waals surface area (Å²) in [6, 6.07) is 0. The average Bonchev–Trinajstić information content (AvgIpc) is 3.01. The second-order valence-electron chi connectivity index (χ2n) is 5.43. The van der Waals surface area contributed by atoms with Crippen LogP contribution >= 0.6 is 11.3 Å². The minimum Gasteiger partial charge on any atom is -0.379 e. The monoisotopic (exact) mass is 341 g/mol. The van der Waals surface area contributed by atoms with Crippen LogP contribution in [0.1, 0.15) is 16.9 Å². The highest BCUT2D eigenvalue weighted by molar-refractivity contribution is 7.90. The number of ether oxygens (including phenoxy) is 1. The molecular weight excluding hydrogens is 322 g/mol. The smallest absolute Gasteiger partial charge is 0.149 e. The zero-order valence-corrected chi connectivity index (χ0v) is 14.1. The molecule has 0 saturated heterocycles. The summed E-state index contributed by atoms with van der Waals surface area (Å²) in [6.07, 6.45) is 6.25. The third-order valence-electron chi connectivity index (χ3n) is 3.64. The number of thiophene rings is 1. The molecule has 0 fully saturated rings. The lowest BCUT2D eigenvalue weighted by Gasteiger charge is -2.08. The number of sulfone groups is 1. The van der Waals surface area contributed by atoms with Crippen LogP contribution < -0.4 is 5.32 Å². The van der Waals surface area contributed by atoms with Gasteiger partial charge >= 0.3 is 0 Å². The van der Waals surface area contributed by atoms with Crippen LogP contribution in [0.5, 0.6) is 0 Å². The average molecular weight is 341 g/mol. The first-order valence-electron chi connectivity index (χ1n) is 7.29. The van der Waals surface area contributed by atoms with E-state index in [9.17, 15) is 8.42 Å². The first-order valence-corrected chi connectivity index (χ1v) is 10.2. The third-order valence-corrected chi connectivity index (χ3v) is 5.75. The molecule has 0 saturated carbocycles. The maximum atomic E-state index is 11.0. The Morgan fingerprint density at radius 3 is 3.00 bits per heavy atom. The molecule has 8 heteroatoms. The molecular formula is C14H19N3O3S2. The summed E-state index contributed by atoms with van der Waals surface area (Å²) < 4.78 is 27.3. The molecule has 0 bridgehead atoms. The number of nitrogens with one attached hydrogen (secondary N) is 1. The molecule has 0 unspecified atom stereocenters. The zero-order chi connectivity index (χ0) is 15.6. The van der Waals surface area contributed by atoms with Crippen molar-refractivity contribution in [2.75, 3.05) is 37.1 Å². The van der Waals surface area contributed by atoms with E-state index in [4.69, 9.17) is 4.74 Å². The molecule has 0 aliphatic heterocycles. The number of fused-ring (bicyclic) bond motifs is 3. The summed E-state index contributed by atoms with van der Waals surface area (Å²) in [5, 5.41) is 4.43. The Bertz CT molecular complexity index is 771. The van der Waals surface area contributed by atoms with Gasteiger partial charge in [0.25, 0.3) is 0 Å². The molecule has 6 nitrogen and oxygen atoms in total. The SMILES string of the molecule is CS(=O)(=O)CCOCCNc1ncnc2sc3c(c12)CCC3. The van der Waals surface area contributed by atoms with Crippen LogP contribution in [0.2, 0.25) is 0 Å². The summed E-state index contributed by atoms with van der Waals surface area (Å²) in [5.41, 5.74) is 1.39. The summed E-state index contributed by atoms with van der Waals surface area (Å²) in [7, 11) is -2.96. The Morgan fingerprint density at radius 2 is 2.18 bits per heavy atom. The van der Waals surface area contributed by atoms with Crippen molar-refractivity contribution in [1.82, 2.24) is 9.97 Å². The molecule has 1 N–H and O–H groups in total. The number of rotatable bonds is 7. The number of aromatic nitrogens is 2. The number of anilines is 1. The van der Waals surface area contributed by atoms with Crippen LogP contribution in [0.4, 0.5) is 5.82 Å². The number of nitrogens with zero attached hydrogens (tertiary/aromatic N) is 2. The molecule has 2 heterocycles. The summed E-state index contributed by atoms with van der Waals surface area (Å²) in [6.45, 7) is 1.28. The van der Waals surface area contributed by atoms with E-state index in [2.05, 4.69) is 15.3 Å². The first-order chi connectivity index (χ1) is 10.5. The molecule has 0 radical (unpaired) electrons. The van der Waals surface area contributed by atoms with Gasteiger partial charge in [-0.25, -0.2) is 18.4 Å². The second kappa shape index (κ2) is 6.47. The Morgan fingerprint density at radius 1 is 1.32 bits per heavy atom. The molecule has 0 spiro atoms. The number of hydrogen-bond acceptors (Lipinski definition) is 7. The van der Waals surface area contributed by atoms with E-state index >= 15 is 0 Å². The number of hydrogen-bond donors (Lipinski definition) is 1. The van der Waals surface area contributed by atoms with Crippen LogP contribution in [0.3, 0.4) is 0 Å². The zero-order valence-electron chi connectivity index (χ0n) is 12.5. The highest BCUT2D eigenvalue weighted by Crippen LogP contribution is 2.38. The maximum Gasteiger partial charge on any atom is 0.149 e. The molecule has 0 amide bonds. The molecule has 3 rings (SSSR count). The van der Waals surface area contributed by atoms with E-state index in [1.807, 2.05) is 0 Å². The number of aryl methyl sites for hydroxylation is 2. The Balaban J connectivity index is 1.58. The maximum absolute atomic E-state index is 11.0. The van der Waals surface area contributed by atoms with Gasteiger partial charge in [0.15, 0.2) is 0 Å². The van der Waals surface area contributed by atoms with E-state index < -0.39 is 9.84 Å². The van der Waals surface area contributed by atoms with Gasteiger partial charge in [0.05, 0.1) is 24.4 Å². The van der Waals surface area contributed by atoms with E-state index in [1.165, 1.54) is 23.1 Å². The van der Waals surface area contributed by atoms with E-state index in [-0.39, 0.29) is 12.4 Å². The fourth-order valence-corrected chi connectivity index (χ4v) is 4.27. The van der Waals surface area contributed by atoms with Gasteiger partial charge in [0.1, 0.15) is 26.8 Å². The first kappa shape index (κ1) is 15.6. The van der Waals surface area contributed by atoms with Crippen molar-refractivity contribution >= 4 is 37.2 Å². The largest absolute Gasteiger partial charge is 0.379 e. The Kier molecular flexibility index (Phi) is 4.60. The van der Waals surface area contributed by atoms with E-state index in [1.54, 1.807) is 17.7 Å². The van der Waals surface area contributed by atoms with Gasteiger partial charge in [0, 0.05) is 17.7 Å². The summed E-state index contributed by atoms with van der Waals surface area (Å²) in [5.74, 6) is 0.916. The minimum atomic E-state index is -2.96. The normalized spacial score (nSPS) is 14.4. The third kappa shape index (κ3) is 3.56. The van der Waals surface area contributed by atoms with Crippen molar-refractivity contribution in [1.29, 1.82) is 0 Å². The molecule has 0 atom stereocenters. The topological polar surface area (TPSA) is 81.2 Å². The highest BCUT2D eigenvalue weighted by atomic mass is 32.2. The van der Waals surface area contributed by atoms with Crippen LogP contribution in [0.25, 0.3) is 10.2 Å². The molecule has 120 valence electrons. The van der Waals surface area contributed by atoms with E-state index in [0.29, 0.717) is 13.2 Å². The van der Waals surface area contributed by atoms with Gasteiger partial charge in [-0.2, -0.15) is 0 Å². The van der Waals surface area contributed by atoms with Crippen molar-refractivity contribution in [2.24, 2.45) is 0 Å². The molecule has 0 aromatic carbocycles. The fourth-order valence-electron chi connectivity index (χ4n) is 2.62. The predicted octanol–water partition coefficient (Wildman–Crippen LogP) is 1.65. The lowest BCUT2D eigenvalue weighted by Crippen LogP contribution is -2.15. The van der Waals surface area contributed by atoms with Gasteiger partial charge < -0.3 is 10.1 Å². The molecule has 2 aromatic heterocycles. The van der Waals surface area contributed by atoms with Crippen LogP contribution in [0, 0.1) is 0 Å². The molecule has 1 aliphatic rings. The lowest BCUT2D eigenvalue weighted by molar-refractivity contribution is 0.159. The van der Waals surface area contributed by atoms with Crippen molar-refractivity contribution in [3.05, 3.63) is 16.8 Å². The molecule has 22 heavy (non-hydrogen) atoms. The Labute approximate surface area is 133 Å². The summed E-state index contributed by atoms with van der Waals surface area (Å²) >= 11 is 1.76. The van der Waals surface area contributed by atoms with Gasteiger partial charge in [-0.3, -0.25) is 0 Å².